The Hall–Kier alpha value is 0.0700. The third-order valence-electron chi connectivity index (χ3n) is 2.29. The number of thiazole rings is 1. The number of hydrogen-bond donors (Lipinski definition) is 0. The first-order valence-corrected chi connectivity index (χ1v) is 5.51. The maximum atomic E-state index is 5.39. The molecule has 0 amide bonds. The first-order chi connectivity index (χ1) is 5.71. The van der Waals surface area contributed by atoms with Crippen LogP contribution in [0.3, 0.4) is 0 Å². The summed E-state index contributed by atoms with van der Waals surface area (Å²) in [6.45, 7) is 3.95. The Bertz CT molecular complexity index is 280. The van der Waals surface area contributed by atoms with Crippen LogP contribution in [0.5, 0.6) is 0 Å². The standard InChI is InChI=1S/C8H10BrNOS/c1-8(2-3-11-5-8)6-4-10-7(9)12-6/h4H,2-3,5H2,1H3. The van der Waals surface area contributed by atoms with Crippen LogP contribution in [0.1, 0.15) is 18.2 Å². The summed E-state index contributed by atoms with van der Waals surface area (Å²) >= 11 is 5.08. The van der Waals surface area contributed by atoms with Gasteiger partial charge in [-0.15, -0.1) is 11.3 Å². The molecule has 1 aliphatic heterocycles. The van der Waals surface area contributed by atoms with E-state index >= 15 is 0 Å². The van der Waals surface area contributed by atoms with Gasteiger partial charge in [0.25, 0.3) is 0 Å². The maximum absolute atomic E-state index is 5.39. The highest BCUT2D eigenvalue weighted by Crippen LogP contribution is 2.36. The molecular weight excluding hydrogens is 238 g/mol. The van der Waals surface area contributed by atoms with Gasteiger partial charge in [-0.3, -0.25) is 0 Å². The predicted octanol–water partition coefficient (Wildman–Crippen LogP) is 2.58. The molecule has 2 nitrogen and oxygen atoms in total. The highest BCUT2D eigenvalue weighted by Gasteiger charge is 2.33. The van der Waals surface area contributed by atoms with E-state index < -0.39 is 0 Å². The van der Waals surface area contributed by atoms with Gasteiger partial charge in [-0.25, -0.2) is 4.98 Å². The molecule has 66 valence electrons. The van der Waals surface area contributed by atoms with Crippen LogP contribution >= 0.6 is 27.3 Å². The van der Waals surface area contributed by atoms with Crippen LogP contribution in [0.15, 0.2) is 10.1 Å². The van der Waals surface area contributed by atoms with Crippen LogP contribution in [0.4, 0.5) is 0 Å². The van der Waals surface area contributed by atoms with Gasteiger partial charge in [-0.1, -0.05) is 6.92 Å². The molecule has 0 aliphatic carbocycles. The summed E-state index contributed by atoms with van der Waals surface area (Å²) in [5.74, 6) is 0. The van der Waals surface area contributed by atoms with Gasteiger partial charge in [0.05, 0.1) is 6.61 Å². The van der Waals surface area contributed by atoms with Crippen LogP contribution in [0.2, 0.25) is 0 Å². The van der Waals surface area contributed by atoms with Gasteiger partial charge in [-0.05, 0) is 22.4 Å². The molecule has 1 fully saturated rings. The van der Waals surface area contributed by atoms with E-state index in [0.717, 1.165) is 23.6 Å². The van der Waals surface area contributed by atoms with Crippen LogP contribution in [0, 0.1) is 0 Å². The zero-order valence-electron chi connectivity index (χ0n) is 6.84. The van der Waals surface area contributed by atoms with Gasteiger partial charge in [0.15, 0.2) is 3.92 Å². The molecule has 1 aliphatic rings. The van der Waals surface area contributed by atoms with E-state index in [1.807, 2.05) is 6.20 Å². The molecule has 1 saturated heterocycles. The number of hydrogen-bond acceptors (Lipinski definition) is 3. The van der Waals surface area contributed by atoms with Crippen LogP contribution < -0.4 is 0 Å². The Morgan fingerprint density at radius 1 is 1.75 bits per heavy atom. The minimum atomic E-state index is 0.212. The Kier molecular flexibility index (Phi) is 2.23. The largest absolute Gasteiger partial charge is 0.380 e. The summed E-state index contributed by atoms with van der Waals surface area (Å²) in [7, 11) is 0. The van der Waals surface area contributed by atoms with E-state index in [0.29, 0.717) is 0 Å². The van der Waals surface area contributed by atoms with Crippen molar-refractivity contribution in [2.45, 2.75) is 18.8 Å². The molecule has 0 bridgehead atoms. The first kappa shape index (κ1) is 8.66. The molecule has 2 heterocycles. The number of ether oxygens (including phenoxy) is 1. The molecule has 4 heteroatoms. The molecule has 0 spiro atoms. The van der Waals surface area contributed by atoms with Gasteiger partial charge < -0.3 is 4.74 Å². The van der Waals surface area contributed by atoms with Crippen LogP contribution in [-0.4, -0.2) is 18.2 Å². The molecule has 1 aromatic heterocycles. The molecule has 0 saturated carbocycles. The second kappa shape index (κ2) is 3.09. The number of halogens is 1. The van der Waals surface area contributed by atoms with Crippen molar-refractivity contribution in [2.75, 3.05) is 13.2 Å². The topological polar surface area (TPSA) is 22.1 Å². The van der Waals surface area contributed by atoms with E-state index in [2.05, 4.69) is 27.8 Å². The van der Waals surface area contributed by atoms with Crippen molar-refractivity contribution in [3.8, 4) is 0 Å². The van der Waals surface area contributed by atoms with Crippen molar-refractivity contribution in [2.24, 2.45) is 0 Å². The van der Waals surface area contributed by atoms with E-state index in [4.69, 9.17) is 4.74 Å². The maximum Gasteiger partial charge on any atom is 0.159 e. The van der Waals surface area contributed by atoms with Crippen molar-refractivity contribution in [3.63, 3.8) is 0 Å². The van der Waals surface area contributed by atoms with E-state index in [1.165, 1.54) is 4.88 Å². The number of nitrogens with zero attached hydrogens (tertiary/aromatic N) is 1. The van der Waals surface area contributed by atoms with Crippen molar-refractivity contribution in [1.82, 2.24) is 4.98 Å². The Morgan fingerprint density at radius 3 is 3.08 bits per heavy atom. The van der Waals surface area contributed by atoms with Crippen molar-refractivity contribution >= 4 is 27.3 Å². The second-order valence-corrected chi connectivity index (χ2v) is 5.65. The average molecular weight is 248 g/mol. The summed E-state index contributed by atoms with van der Waals surface area (Å²) in [6.07, 6.45) is 3.06. The SMILES string of the molecule is CC1(c2cnc(Br)s2)CCOC1. The fourth-order valence-electron chi connectivity index (χ4n) is 1.39. The van der Waals surface area contributed by atoms with Crippen molar-refractivity contribution in [1.29, 1.82) is 0 Å². The van der Waals surface area contributed by atoms with Gasteiger partial charge in [-0.2, -0.15) is 0 Å². The molecule has 0 N–H and O–H groups in total. The van der Waals surface area contributed by atoms with Gasteiger partial charge in [0.1, 0.15) is 0 Å². The Morgan fingerprint density at radius 2 is 2.58 bits per heavy atom. The zero-order chi connectivity index (χ0) is 8.60. The molecule has 2 rings (SSSR count). The Balaban J connectivity index is 2.28. The second-order valence-electron chi connectivity index (χ2n) is 3.34. The lowest BCUT2D eigenvalue weighted by atomic mass is 9.89. The fraction of sp³-hybridized carbons (Fsp3) is 0.625. The molecule has 12 heavy (non-hydrogen) atoms. The molecule has 0 radical (unpaired) electrons. The summed E-state index contributed by atoms with van der Waals surface area (Å²) in [4.78, 5) is 5.51. The number of aromatic nitrogens is 1. The van der Waals surface area contributed by atoms with E-state index in [9.17, 15) is 0 Å². The van der Waals surface area contributed by atoms with Crippen molar-refractivity contribution in [3.05, 3.63) is 15.0 Å². The monoisotopic (exact) mass is 247 g/mol. The van der Waals surface area contributed by atoms with Crippen LogP contribution in [0.25, 0.3) is 0 Å². The third-order valence-corrected chi connectivity index (χ3v) is 4.07. The lowest BCUT2D eigenvalue weighted by Crippen LogP contribution is -2.19. The quantitative estimate of drug-likeness (QED) is 0.762. The molecule has 0 aromatic carbocycles. The lowest BCUT2D eigenvalue weighted by Gasteiger charge is -2.18. The molecule has 1 unspecified atom stereocenters. The summed E-state index contributed by atoms with van der Waals surface area (Å²) in [6, 6.07) is 0. The Labute approximate surface area is 84.1 Å². The summed E-state index contributed by atoms with van der Waals surface area (Å²) in [5, 5.41) is 0. The van der Waals surface area contributed by atoms with E-state index in [1.54, 1.807) is 11.3 Å². The highest BCUT2D eigenvalue weighted by molar-refractivity contribution is 9.11. The van der Waals surface area contributed by atoms with Crippen molar-refractivity contribution < 1.29 is 4.74 Å². The lowest BCUT2D eigenvalue weighted by molar-refractivity contribution is 0.181. The first-order valence-electron chi connectivity index (χ1n) is 3.90. The molecular formula is C8H10BrNOS. The van der Waals surface area contributed by atoms with E-state index in [-0.39, 0.29) is 5.41 Å². The van der Waals surface area contributed by atoms with Gasteiger partial charge in [0.2, 0.25) is 0 Å². The normalized spacial score (nSPS) is 29.5. The van der Waals surface area contributed by atoms with Crippen LogP contribution in [-0.2, 0) is 10.2 Å². The fourth-order valence-corrected chi connectivity index (χ4v) is 2.82. The smallest absolute Gasteiger partial charge is 0.159 e. The molecule has 1 atom stereocenters. The minimum Gasteiger partial charge on any atom is -0.380 e. The summed E-state index contributed by atoms with van der Waals surface area (Å²) < 4.78 is 6.35. The zero-order valence-corrected chi connectivity index (χ0v) is 9.24. The van der Waals surface area contributed by atoms with Gasteiger partial charge >= 0.3 is 0 Å². The highest BCUT2D eigenvalue weighted by atomic mass is 79.9. The minimum absolute atomic E-state index is 0.212. The third kappa shape index (κ3) is 1.43. The number of rotatable bonds is 1. The summed E-state index contributed by atoms with van der Waals surface area (Å²) in [5.41, 5.74) is 0.212. The average Bonchev–Trinajstić information content (AvgIpc) is 2.59. The predicted molar refractivity (Wildman–Crippen MR) is 52.6 cm³/mol. The van der Waals surface area contributed by atoms with Gasteiger partial charge in [0, 0.05) is 23.1 Å². The molecule has 1 aromatic rings.